The lowest BCUT2D eigenvalue weighted by Crippen LogP contribution is -2.34. The maximum atomic E-state index is 11.7. The van der Waals surface area contributed by atoms with Crippen molar-refractivity contribution in [1.82, 2.24) is 9.80 Å². The fourth-order valence-corrected chi connectivity index (χ4v) is 16.9. The van der Waals surface area contributed by atoms with Crippen LogP contribution >= 0.6 is 15.9 Å². The van der Waals surface area contributed by atoms with Crippen LogP contribution in [0.25, 0.3) is 0 Å². The number of alkyl halides is 1. The molecule has 0 heterocycles. The van der Waals surface area contributed by atoms with Gasteiger partial charge < -0.3 is 28.7 Å². The highest BCUT2D eigenvalue weighted by Crippen LogP contribution is 2.33. The van der Waals surface area contributed by atoms with Crippen LogP contribution < -0.4 is 0 Å². The van der Waals surface area contributed by atoms with Crippen LogP contribution in [-0.2, 0) is 38.1 Å². The number of esters is 4. The summed E-state index contributed by atoms with van der Waals surface area (Å²) in [5, 5.41) is 1.09. The van der Waals surface area contributed by atoms with E-state index in [0.29, 0.717) is 51.9 Å². The average molecular weight is 840 g/mol. The molecule has 10 nitrogen and oxygen atoms in total. The Morgan fingerprint density at radius 3 is 1.02 bits per heavy atom. The SMILES string of the molecule is COC(=O)CCN(CCC[Si](C)(C)CCC[Si](C)(CCCCBr)CCC[Si](C)(C)CCCN(CCC(=O)OC)CCC(=O)OC)CCC(=O)OC. The second-order valence-corrected chi connectivity index (χ2v) is 32.8. The van der Waals surface area contributed by atoms with Crippen molar-refractivity contribution in [3.63, 3.8) is 0 Å². The lowest BCUT2D eigenvalue weighted by molar-refractivity contribution is -0.142. The Kier molecular flexibility index (Phi) is 27.8. The zero-order valence-corrected chi connectivity index (χ0v) is 38.6. The van der Waals surface area contributed by atoms with Crippen LogP contribution in [0.3, 0.4) is 0 Å². The van der Waals surface area contributed by atoms with Gasteiger partial charge in [-0.2, -0.15) is 0 Å². The number of carbonyl (C=O) groups excluding carboxylic acids is 4. The maximum absolute atomic E-state index is 11.7. The van der Waals surface area contributed by atoms with Gasteiger partial charge in [0.05, 0.1) is 62.2 Å². The molecule has 0 bridgehead atoms. The third-order valence-corrected chi connectivity index (χ3v) is 22.6. The summed E-state index contributed by atoms with van der Waals surface area (Å²) in [4.78, 5) is 51.4. The van der Waals surface area contributed by atoms with Crippen LogP contribution in [0, 0.1) is 0 Å². The monoisotopic (exact) mass is 838 g/mol. The minimum atomic E-state index is -1.37. The van der Waals surface area contributed by atoms with Crippen molar-refractivity contribution >= 4 is 64.0 Å². The summed E-state index contributed by atoms with van der Waals surface area (Å²) in [6.07, 6.45) is 8.82. The molecule has 14 heteroatoms. The van der Waals surface area contributed by atoms with Gasteiger partial charge >= 0.3 is 23.9 Å². The summed E-state index contributed by atoms with van der Waals surface area (Å²) < 4.78 is 19.3. The first-order chi connectivity index (χ1) is 24.0. The van der Waals surface area contributed by atoms with E-state index in [9.17, 15) is 19.2 Å². The van der Waals surface area contributed by atoms with E-state index in [2.05, 4.69) is 58.5 Å². The number of hydrogen-bond donors (Lipinski definition) is 0. The standard InChI is InChI=1S/C37H75BrN2O8Si3/c1-45-34(41)16-23-39(24-17-35(42)46-2)21-12-27-49(5,6)29-14-32-51(9,31-11-10-20-38)33-15-30-50(7,8)28-13-22-40(25-18-36(43)47-3)26-19-37(44)48-4/h10-33H2,1-9H3. The molecule has 0 aliphatic rings. The van der Waals surface area contributed by atoms with Crippen LogP contribution in [0.5, 0.6) is 0 Å². The molecule has 0 aromatic rings. The second-order valence-electron chi connectivity index (χ2n) is 16.2. The summed E-state index contributed by atoms with van der Waals surface area (Å²) in [6, 6.07) is 9.51. The Morgan fingerprint density at radius 1 is 0.431 bits per heavy atom. The number of ether oxygens (including phenoxy) is 4. The molecule has 0 amide bonds. The van der Waals surface area contributed by atoms with E-state index < -0.39 is 24.2 Å². The summed E-state index contributed by atoms with van der Waals surface area (Å²) in [6.45, 7) is 17.0. The smallest absolute Gasteiger partial charge is 0.306 e. The fourth-order valence-electron chi connectivity index (χ4n) is 6.90. The third-order valence-electron chi connectivity index (χ3n) is 10.5. The first-order valence-corrected chi connectivity index (χ1v) is 30.4. The van der Waals surface area contributed by atoms with Crippen molar-refractivity contribution in [3.05, 3.63) is 0 Å². The zero-order valence-electron chi connectivity index (χ0n) is 34.0. The van der Waals surface area contributed by atoms with Crippen molar-refractivity contribution in [2.24, 2.45) is 0 Å². The molecule has 0 unspecified atom stereocenters. The molecule has 300 valence electrons. The van der Waals surface area contributed by atoms with Gasteiger partial charge in [0.15, 0.2) is 0 Å². The van der Waals surface area contributed by atoms with E-state index in [1.807, 2.05) is 0 Å². The van der Waals surface area contributed by atoms with Crippen LogP contribution in [0.2, 0.25) is 75.0 Å². The minimum Gasteiger partial charge on any atom is -0.469 e. The molecule has 0 atom stereocenters. The second kappa shape index (κ2) is 28.4. The largest absolute Gasteiger partial charge is 0.469 e. The van der Waals surface area contributed by atoms with Gasteiger partial charge in [-0.15, -0.1) is 0 Å². The first kappa shape index (κ1) is 49.9. The Balaban J connectivity index is 5.00. The maximum Gasteiger partial charge on any atom is 0.306 e. The Hall–Kier alpha value is -1.07. The lowest BCUT2D eigenvalue weighted by Gasteiger charge is -2.32. The minimum absolute atomic E-state index is 0.216. The third kappa shape index (κ3) is 27.2. The fraction of sp³-hybridized carbons (Fsp3) is 0.892. The molecule has 0 aliphatic carbocycles. The van der Waals surface area contributed by atoms with Crippen LogP contribution in [0.4, 0.5) is 0 Å². The molecule has 0 saturated heterocycles. The summed E-state index contributed by atoms with van der Waals surface area (Å²) in [7, 11) is 1.57. The van der Waals surface area contributed by atoms with Crippen molar-refractivity contribution in [3.8, 4) is 0 Å². The highest BCUT2D eigenvalue weighted by Gasteiger charge is 2.30. The number of methoxy groups -OCH3 is 4. The molecule has 0 radical (unpaired) electrons. The van der Waals surface area contributed by atoms with Gasteiger partial charge in [0.2, 0.25) is 0 Å². The normalized spacial score (nSPS) is 12.3. The van der Waals surface area contributed by atoms with E-state index in [4.69, 9.17) is 18.9 Å². The number of rotatable bonds is 32. The highest BCUT2D eigenvalue weighted by atomic mass is 79.9. The van der Waals surface area contributed by atoms with E-state index >= 15 is 0 Å². The van der Waals surface area contributed by atoms with Gasteiger partial charge in [-0.05, 0) is 32.4 Å². The van der Waals surface area contributed by atoms with Crippen LogP contribution in [0.15, 0.2) is 0 Å². The van der Waals surface area contributed by atoms with Gasteiger partial charge in [-0.3, -0.25) is 19.2 Å². The van der Waals surface area contributed by atoms with E-state index in [-0.39, 0.29) is 23.9 Å². The number of nitrogens with zero attached hydrogens (tertiary/aromatic N) is 2. The zero-order chi connectivity index (χ0) is 38.8. The van der Waals surface area contributed by atoms with Crippen molar-refractivity contribution in [1.29, 1.82) is 0 Å². The molecule has 0 saturated carbocycles. The van der Waals surface area contributed by atoms with Crippen molar-refractivity contribution < 1.29 is 38.1 Å². The van der Waals surface area contributed by atoms with Gasteiger partial charge in [-0.25, -0.2) is 0 Å². The molecular weight excluding hydrogens is 765 g/mol. The summed E-state index contributed by atoms with van der Waals surface area (Å²) in [5.41, 5.74) is 0. The van der Waals surface area contributed by atoms with Gasteiger partial charge in [0.25, 0.3) is 0 Å². The number of halogens is 1. The van der Waals surface area contributed by atoms with E-state index in [1.165, 1.54) is 96.4 Å². The topological polar surface area (TPSA) is 112 Å². The Bertz CT molecular complexity index is 881. The van der Waals surface area contributed by atoms with Crippen LogP contribution in [0.1, 0.15) is 64.2 Å². The number of carbonyl (C=O) groups is 4. The number of unbranched alkanes of at least 4 members (excludes halogenated alkanes) is 1. The molecule has 0 N–H and O–H groups in total. The summed E-state index contributed by atoms with van der Waals surface area (Å²) in [5.74, 6) is -0.865. The average Bonchev–Trinajstić information content (AvgIpc) is 3.09. The van der Waals surface area contributed by atoms with Crippen molar-refractivity contribution in [2.45, 2.75) is 139 Å². The quantitative estimate of drug-likeness (QED) is 0.0217. The number of hydrogen-bond acceptors (Lipinski definition) is 10. The van der Waals surface area contributed by atoms with Gasteiger partial charge in [0.1, 0.15) is 0 Å². The molecular formula is C37H75BrN2O8Si3. The van der Waals surface area contributed by atoms with E-state index in [1.54, 1.807) is 0 Å². The molecule has 0 aromatic heterocycles. The molecule has 0 fully saturated rings. The molecule has 51 heavy (non-hydrogen) atoms. The molecule has 0 aromatic carbocycles. The Morgan fingerprint density at radius 2 is 0.725 bits per heavy atom. The Labute approximate surface area is 323 Å². The molecule has 0 spiro atoms. The first-order valence-electron chi connectivity index (χ1n) is 19.3. The van der Waals surface area contributed by atoms with Gasteiger partial charge in [0, 0.05) is 47.7 Å². The molecule has 0 aliphatic heterocycles. The predicted octanol–water partition coefficient (Wildman–Crippen LogP) is 8.07. The highest BCUT2D eigenvalue weighted by molar-refractivity contribution is 9.09. The molecule has 0 rings (SSSR count). The van der Waals surface area contributed by atoms with Crippen LogP contribution in [-0.4, -0.2) is 131 Å². The summed E-state index contributed by atoms with van der Waals surface area (Å²) >= 11 is 3.65. The lowest BCUT2D eigenvalue weighted by atomic mass is 10.3. The van der Waals surface area contributed by atoms with Crippen molar-refractivity contribution in [2.75, 3.05) is 73.0 Å². The van der Waals surface area contributed by atoms with E-state index in [0.717, 1.165) is 31.3 Å². The predicted molar refractivity (Wildman–Crippen MR) is 221 cm³/mol. The van der Waals surface area contributed by atoms with Gasteiger partial charge in [-0.1, -0.05) is 110 Å².